The van der Waals surface area contributed by atoms with Crippen molar-refractivity contribution in [1.82, 2.24) is 9.97 Å². The topological polar surface area (TPSA) is 38.2 Å². The molecule has 2 heterocycles. The van der Waals surface area contributed by atoms with Crippen LogP contribution in [0.5, 0.6) is 5.88 Å². The summed E-state index contributed by atoms with van der Waals surface area (Å²) in [6.07, 6.45) is 4.17. The number of hydrogen-bond donors (Lipinski definition) is 0. The summed E-state index contributed by atoms with van der Waals surface area (Å²) < 4.78 is 5.42. The highest BCUT2D eigenvalue weighted by Crippen LogP contribution is 2.27. The lowest BCUT2D eigenvalue weighted by Crippen LogP contribution is -2.21. The molecule has 18 heavy (non-hydrogen) atoms. The molecule has 1 aliphatic heterocycles. The van der Waals surface area contributed by atoms with Gasteiger partial charge in [-0.3, -0.25) is 0 Å². The number of hydrogen-bond acceptors (Lipinski definition) is 4. The van der Waals surface area contributed by atoms with Gasteiger partial charge < -0.3 is 9.64 Å². The number of nitrogens with zero attached hydrogens (tertiary/aromatic N) is 3. The molecule has 2 rings (SSSR count). The molecule has 0 spiro atoms. The van der Waals surface area contributed by atoms with Gasteiger partial charge in [0, 0.05) is 19.2 Å². The van der Waals surface area contributed by atoms with E-state index in [1.807, 2.05) is 13.0 Å². The molecule has 1 fully saturated rings. The highest BCUT2D eigenvalue weighted by atomic mass is 16.5. The first-order valence-corrected chi connectivity index (χ1v) is 6.88. The number of rotatable bonds is 5. The van der Waals surface area contributed by atoms with Crippen molar-refractivity contribution in [2.45, 2.75) is 33.6 Å². The van der Waals surface area contributed by atoms with Gasteiger partial charge in [0.2, 0.25) is 5.88 Å². The van der Waals surface area contributed by atoms with Crippen LogP contribution in [0.25, 0.3) is 0 Å². The van der Waals surface area contributed by atoms with Crippen LogP contribution in [0.15, 0.2) is 12.4 Å². The lowest BCUT2D eigenvalue weighted by Gasteiger charge is -2.18. The van der Waals surface area contributed by atoms with Gasteiger partial charge in [-0.15, -0.1) is 0 Å². The molecule has 0 aliphatic carbocycles. The SMILES string of the molecule is CCOc1cc(N2CCC(CC(C)C)C2)ncn1. The second-order valence-corrected chi connectivity index (χ2v) is 5.38. The van der Waals surface area contributed by atoms with Crippen LogP contribution in [0.3, 0.4) is 0 Å². The fourth-order valence-corrected chi connectivity index (χ4v) is 2.63. The fourth-order valence-electron chi connectivity index (χ4n) is 2.63. The minimum absolute atomic E-state index is 0.645. The quantitative estimate of drug-likeness (QED) is 0.804. The molecule has 0 saturated carbocycles. The molecule has 4 heteroatoms. The van der Waals surface area contributed by atoms with Gasteiger partial charge >= 0.3 is 0 Å². The molecule has 1 aromatic heterocycles. The van der Waals surface area contributed by atoms with Gasteiger partial charge in [-0.1, -0.05) is 13.8 Å². The molecular weight excluding hydrogens is 226 g/mol. The van der Waals surface area contributed by atoms with E-state index in [9.17, 15) is 0 Å². The Morgan fingerprint density at radius 1 is 1.44 bits per heavy atom. The monoisotopic (exact) mass is 249 g/mol. The molecule has 100 valence electrons. The zero-order chi connectivity index (χ0) is 13.0. The van der Waals surface area contributed by atoms with E-state index >= 15 is 0 Å². The first kappa shape index (κ1) is 13.1. The van der Waals surface area contributed by atoms with E-state index in [0.29, 0.717) is 12.5 Å². The molecule has 0 aromatic carbocycles. The van der Waals surface area contributed by atoms with Crippen molar-refractivity contribution >= 4 is 5.82 Å². The summed E-state index contributed by atoms with van der Waals surface area (Å²) in [5, 5.41) is 0. The maximum Gasteiger partial charge on any atom is 0.218 e. The molecule has 0 radical (unpaired) electrons. The first-order valence-electron chi connectivity index (χ1n) is 6.88. The smallest absolute Gasteiger partial charge is 0.218 e. The Kier molecular flexibility index (Phi) is 4.39. The van der Waals surface area contributed by atoms with Crippen molar-refractivity contribution in [3.63, 3.8) is 0 Å². The Labute approximate surface area is 109 Å². The summed E-state index contributed by atoms with van der Waals surface area (Å²) in [7, 11) is 0. The Hall–Kier alpha value is -1.32. The zero-order valence-electron chi connectivity index (χ0n) is 11.6. The van der Waals surface area contributed by atoms with E-state index in [4.69, 9.17) is 4.74 Å². The third-order valence-corrected chi connectivity index (χ3v) is 3.33. The van der Waals surface area contributed by atoms with E-state index in [1.54, 1.807) is 6.33 Å². The Morgan fingerprint density at radius 3 is 3.00 bits per heavy atom. The third kappa shape index (κ3) is 3.34. The Morgan fingerprint density at radius 2 is 2.28 bits per heavy atom. The normalized spacial score (nSPS) is 19.6. The summed E-state index contributed by atoms with van der Waals surface area (Å²) in [4.78, 5) is 10.8. The predicted molar refractivity (Wildman–Crippen MR) is 73.0 cm³/mol. The van der Waals surface area contributed by atoms with Crippen molar-refractivity contribution in [2.75, 3.05) is 24.6 Å². The molecule has 0 amide bonds. The second kappa shape index (κ2) is 6.03. The average molecular weight is 249 g/mol. The Bertz CT molecular complexity index is 381. The zero-order valence-corrected chi connectivity index (χ0v) is 11.6. The largest absolute Gasteiger partial charge is 0.478 e. The summed E-state index contributed by atoms with van der Waals surface area (Å²) >= 11 is 0. The average Bonchev–Trinajstić information content (AvgIpc) is 2.77. The van der Waals surface area contributed by atoms with Crippen LogP contribution >= 0.6 is 0 Å². The van der Waals surface area contributed by atoms with Gasteiger partial charge in [-0.2, -0.15) is 0 Å². The molecular formula is C14H23N3O. The lowest BCUT2D eigenvalue weighted by molar-refractivity contribution is 0.326. The van der Waals surface area contributed by atoms with Gasteiger partial charge in [0.1, 0.15) is 12.1 Å². The summed E-state index contributed by atoms with van der Waals surface area (Å²) in [5.74, 6) is 3.25. The summed E-state index contributed by atoms with van der Waals surface area (Å²) in [6, 6.07) is 1.95. The maximum absolute atomic E-state index is 5.42. The number of aromatic nitrogens is 2. The second-order valence-electron chi connectivity index (χ2n) is 5.38. The van der Waals surface area contributed by atoms with Gasteiger partial charge in [0.25, 0.3) is 0 Å². The van der Waals surface area contributed by atoms with Crippen LogP contribution in [0, 0.1) is 11.8 Å². The van der Waals surface area contributed by atoms with Crippen molar-refractivity contribution in [2.24, 2.45) is 11.8 Å². The molecule has 1 saturated heterocycles. The standard InChI is InChI=1S/C14H23N3O/c1-4-18-14-8-13(15-10-16-14)17-6-5-12(9-17)7-11(2)3/h8,10-12H,4-7,9H2,1-3H3. The maximum atomic E-state index is 5.42. The van der Waals surface area contributed by atoms with E-state index in [0.717, 1.165) is 30.7 Å². The molecule has 1 unspecified atom stereocenters. The number of ether oxygens (including phenoxy) is 1. The van der Waals surface area contributed by atoms with Crippen molar-refractivity contribution < 1.29 is 4.74 Å². The van der Waals surface area contributed by atoms with E-state index in [2.05, 4.69) is 28.7 Å². The van der Waals surface area contributed by atoms with Crippen LogP contribution in [0.4, 0.5) is 5.82 Å². The van der Waals surface area contributed by atoms with Gasteiger partial charge in [0.05, 0.1) is 6.61 Å². The van der Waals surface area contributed by atoms with E-state index in [1.165, 1.54) is 12.8 Å². The predicted octanol–water partition coefficient (Wildman–Crippen LogP) is 2.75. The van der Waals surface area contributed by atoms with Crippen LogP contribution in [-0.2, 0) is 0 Å². The molecule has 1 aliphatic rings. The molecule has 1 atom stereocenters. The van der Waals surface area contributed by atoms with Crippen molar-refractivity contribution in [3.8, 4) is 5.88 Å². The highest BCUT2D eigenvalue weighted by molar-refractivity contribution is 5.41. The van der Waals surface area contributed by atoms with Crippen LogP contribution < -0.4 is 9.64 Å². The number of anilines is 1. The molecule has 0 N–H and O–H groups in total. The van der Waals surface area contributed by atoms with Crippen molar-refractivity contribution in [1.29, 1.82) is 0 Å². The molecule has 0 bridgehead atoms. The molecule has 4 nitrogen and oxygen atoms in total. The van der Waals surface area contributed by atoms with E-state index in [-0.39, 0.29) is 0 Å². The highest BCUT2D eigenvalue weighted by Gasteiger charge is 2.24. The fraction of sp³-hybridized carbons (Fsp3) is 0.714. The van der Waals surface area contributed by atoms with Gasteiger partial charge in [-0.25, -0.2) is 9.97 Å². The minimum atomic E-state index is 0.645. The van der Waals surface area contributed by atoms with Crippen LogP contribution in [0.1, 0.15) is 33.6 Å². The van der Waals surface area contributed by atoms with Crippen LogP contribution in [-0.4, -0.2) is 29.7 Å². The minimum Gasteiger partial charge on any atom is -0.478 e. The summed E-state index contributed by atoms with van der Waals surface area (Å²) in [6.45, 7) is 9.41. The summed E-state index contributed by atoms with van der Waals surface area (Å²) in [5.41, 5.74) is 0. The lowest BCUT2D eigenvalue weighted by atomic mass is 9.97. The molecule has 1 aromatic rings. The third-order valence-electron chi connectivity index (χ3n) is 3.33. The Balaban J connectivity index is 1.98. The van der Waals surface area contributed by atoms with Gasteiger partial charge in [0.15, 0.2) is 0 Å². The first-order chi connectivity index (χ1) is 8.69. The van der Waals surface area contributed by atoms with Crippen molar-refractivity contribution in [3.05, 3.63) is 12.4 Å². The van der Waals surface area contributed by atoms with E-state index < -0.39 is 0 Å². The van der Waals surface area contributed by atoms with Gasteiger partial charge in [-0.05, 0) is 31.6 Å². The van der Waals surface area contributed by atoms with Crippen LogP contribution in [0.2, 0.25) is 0 Å².